The molecule has 3 heterocycles. The minimum atomic E-state index is -2.22. The molecule has 13 heteroatoms. The van der Waals surface area contributed by atoms with E-state index in [1.807, 2.05) is 48.5 Å². The molecule has 0 amide bonds. The van der Waals surface area contributed by atoms with Crippen molar-refractivity contribution in [1.29, 1.82) is 0 Å². The summed E-state index contributed by atoms with van der Waals surface area (Å²) in [6.45, 7) is -2.32. The average Bonchev–Trinajstić information content (AvgIpc) is 3.23. The summed E-state index contributed by atoms with van der Waals surface area (Å²) in [7, 11) is 0. The van der Waals surface area contributed by atoms with E-state index in [2.05, 4.69) is 0 Å². The van der Waals surface area contributed by atoms with E-state index in [1.165, 1.54) is 6.07 Å². The number of fused-ring (bicyclic) bond motifs is 1. The minimum Gasteiger partial charge on any atom is -0.456 e. The van der Waals surface area contributed by atoms with Crippen LogP contribution in [-0.4, -0.2) is 115 Å². The van der Waals surface area contributed by atoms with Gasteiger partial charge in [0.15, 0.2) is 11.7 Å². The second-order valence-electron chi connectivity index (χ2n) is 9.40. The molecule has 3 aromatic rings. The van der Waals surface area contributed by atoms with Crippen LogP contribution in [0.5, 0.6) is 0 Å². The monoisotopic (exact) mass is 564 g/mol. The zero-order chi connectivity index (χ0) is 29.0. The van der Waals surface area contributed by atoms with Gasteiger partial charge in [-0.2, -0.15) is 0 Å². The zero-order valence-corrected chi connectivity index (χ0v) is 21.1. The van der Waals surface area contributed by atoms with Crippen molar-refractivity contribution in [3.05, 3.63) is 70.9 Å². The first-order valence-electron chi connectivity index (χ1n) is 12.5. The van der Waals surface area contributed by atoms with Crippen molar-refractivity contribution in [3.63, 3.8) is 0 Å². The highest BCUT2D eigenvalue weighted by Crippen LogP contribution is 2.35. The van der Waals surface area contributed by atoms with E-state index in [9.17, 15) is 35.4 Å². The number of rotatable bonds is 6. The third-order valence-corrected chi connectivity index (χ3v) is 6.76. The van der Waals surface area contributed by atoms with Gasteiger partial charge in [0.1, 0.15) is 60.7 Å². The quantitative estimate of drug-likeness (QED) is 0.164. The van der Waals surface area contributed by atoms with E-state index in [4.69, 9.17) is 28.8 Å². The lowest BCUT2D eigenvalue weighted by Gasteiger charge is -2.43. The standard InChI is InChI=1S/C15H10O2.C12H22O11/c16-13-10-15(11-6-2-1-3-7-11)17-14-9-5-4-8-12(13)14;13-1-4-6(16)8(18)9(19)11(21-4)23-12(3-15)10(20)7(17)5(2-14)22-12/h1-10H;4-11,13-20H,1-3H2/t;4-,5-,6-,7-,8+,9-,10+,11-,12+/m.1/s1. The highest BCUT2D eigenvalue weighted by atomic mass is 16.8. The predicted octanol–water partition coefficient (Wildman–Crippen LogP) is -1.94. The molecule has 0 saturated carbocycles. The normalized spacial score (nSPS) is 33.9. The van der Waals surface area contributed by atoms with Gasteiger partial charge in [-0.15, -0.1) is 0 Å². The van der Waals surface area contributed by atoms with E-state index in [-0.39, 0.29) is 5.43 Å². The van der Waals surface area contributed by atoms with Gasteiger partial charge in [0.2, 0.25) is 5.79 Å². The molecule has 0 spiro atoms. The largest absolute Gasteiger partial charge is 0.456 e. The molecule has 0 aliphatic carbocycles. The molecule has 0 bridgehead atoms. The number of ether oxygens (including phenoxy) is 3. The number of hydrogen-bond donors (Lipinski definition) is 8. The van der Waals surface area contributed by atoms with Gasteiger partial charge in [-0.1, -0.05) is 42.5 Å². The first-order chi connectivity index (χ1) is 19.2. The van der Waals surface area contributed by atoms with Crippen LogP contribution >= 0.6 is 0 Å². The molecule has 9 atom stereocenters. The van der Waals surface area contributed by atoms with Crippen LogP contribution in [0.15, 0.2) is 69.9 Å². The smallest absolute Gasteiger partial charge is 0.224 e. The summed E-state index contributed by atoms with van der Waals surface area (Å²) in [4.78, 5) is 11.9. The van der Waals surface area contributed by atoms with Gasteiger partial charge in [0.05, 0.1) is 18.6 Å². The van der Waals surface area contributed by atoms with E-state index < -0.39 is 74.6 Å². The predicted molar refractivity (Wildman–Crippen MR) is 137 cm³/mol. The van der Waals surface area contributed by atoms with Gasteiger partial charge in [0.25, 0.3) is 0 Å². The number of para-hydroxylation sites is 1. The fourth-order valence-electron chi connectivity index (χ4n) is 4.48. The van der Waals surface area contributed by atoms with Crippen LogP contribution < -0.4 is 5.43 Å². The Balaban J connectivity index is 0.000000192. The van der Waals surface area contributed by atoms with Gasteiger partial charge in [-0.05, 0) is 12.1 Å². The fraction of sp³-hybridized carbons (Fsp3) is 0.444. The molecule has 40 heavy (non-hydrogen) atoms. The molecule has 2 aliphatic heterocycles. The molecule has 2 fully saturated rings. The van der Waals surface area contributed by atoms with Crippen molar-refractivity contribution < 1.29 is 59.5 Å². The highest BCUT2D eigenvalue weighted by molar-refractivity contribution is 5.78. The van der Waals surface area contributed by atoms with Crippen molar-refractivity contribution in [2.75, 3.05) is 19.8 Å². The summed E-state index contributed by atoms with van der Waals surface area (Å²) in [6, 6.07) is 18.4. The summed E-state index contributed by atoms with van der Waals surface area (Å²) in [5.41, 5.74) is 1.53. The van der Waals surface area contributed by atoms with Gasteiger partial charge in [-0.25, -0.2) is 0 Å². The maximum atomic E-state index is 11.9. The van der Waals surface area contributed by atoms with Crippen LogP contribution in [0.2, 0.25) is 0 Å². The fourth-order valence-corrected chi connectivity index (χ4v) is 4.48. The van der Waals surface area contributed by atoms with Gasteiger partial charge in [-0.3, -0.25) is 4.79 Å². The van der Waals surface area contributed by atoms with Crippen molar-refractivity contribution in [3.8, 4) is 11.3 Å². The number of hydrogen-bond acceptors (Lipinski definition) is 13. The Morgan fingerprint density at radius 3 is 2.05 bits per heavy atom. The Bertz CT molecular complexity index is 1300. The first kappa shape index (κ1) is 30.2. The molecule has 218 valence electrons. The van der Waals surface area contributed by atoms with E-state index in [0.717, 1.165) is 5.56 Å². The Kier molecular flexibility index (Phi) is 9.66. The van der Waals surface area contributed by atoms with E-state index in [0.29, 0.717) is 16.7 Å². The summed E-state index contributed by atoms with van der Waals surface area (Å²) < 4.78 is 21.2. The summed E-state index contributed by atoms with van der Waals surface area (Å²) >= 11 is 0. The van der Waals surface area contributed by atoms with Crippen LogP contribution in [0.1, 0.15) is 0 Å². The summed E-state index contributed by atoms with van der Waals surface area (Å²) in [5.74, 6) is -1.62. The lowest BCUT2D eigenvalue weighted by atomic mass is 9.99. The number of benzene rings is 2. The van der Waals surface area contributed by atoms with Crippen LogP contribution in [-0.2, 0) is 14.2 Å². The van der Waals surface area contributed by atoms with E-state index >= 15 is 0 Å². The molecule has 8 N–H and O–H groups in total. The molecular formula is C27H32O13. The highest BCUT2D eigenvalue weighted by Gasteiger charge is 2.58. The molecule has 5 rings (SSSR count). The second kappa shape index (κ2) is 12.8. The van der Waals surface area contributed by atoms with Crippen molar-refractivity contribution >= 4 is 11.0 Å². The lowest BCUT2D eigenvalue weighted by Crippen LogP contribution is -2.62. The number of aliphatic hydroxyl groups excluding tert-OH is 8. The van der Waals surface area contributed by atoms with Gasteiger partial charge >= 0.3 is 0 Å². The molecular weight excluding hydrogens is 532 g/mol. The Morgan fingerprint density at radius 2 is 1.43 bits per heavy atom. The molecule has 2 aromatic carbocycles. The van der Waals surface area contributed by atoms with Crippen molar-refractivity contribution in [1.82, 2.24) is 0 Å². The first-order valence-corrected chi connectivity index (χ1v) is 12.5. The number of aliphatic hydroxyl groups is 8. The maximum Gasteiger partial charge on any atom is 0.224 e. The third-order valence-electron chi connectivity index (χ3n) is 6.76. The Morgan fingerprint density at radius 1 is 0.775 bits per heavy atom. The average molecular weight is 565 g/mol. The second-order valence-corrected chi connectivity index (χ2v) is 9.40. The van der Waals surface area contributed by atoms with Crippen molar-refractivity contribution in [2.45, 2.75) is 54.8 Å². The topological polar surface area (TPSA) is 220 Å². The van der Waals surface area contributed by atoms with Crippen LogP contribution in [0.3, 0.4) is 0 Å². The zero-order valence-electron chi connectivity index (χ0n) is 21.1. The Hall–Kier alpha value is -2.79. The summed E-state index contributed by atoms with van der Waals surface area (Å²) in [6.07, 6.45) is -12.7. The summed E-state index contributed by atoms with van der Waals surface area (Å²) in [5, 5.41) is 77.3. The third kappa shape index (κ3) is 5.95. The SMILES string of the molecule is O=c1cc(-c2ccccc2)oc2ccccc12.OC[C@H]1O[C@@](CO)(O[C@H]2O[C@H](CO)[C@@H](O)[C@H](O)[C@H]2O)[C@@H](O)[C@@H]1O. The minimum absolute atomic E-state index is 0.00861. The van der Waals surface area contributed by atoms with Gasteiger partial charge in [0, 0.05) is 11.6 Å². The lowest BCUT2D eigenvalue weighted by molar-refractivity contribution is -0.383. The molecule has 2 aliphatic rings. The maximum absolute atomic E-state index is 11.9. The molecule has 0 radical (unpaired) electrons. The van der Waals surface area contributed by atoms with Crippen LogP contribution in [0, 0.1) is 0 Å². The van der Waals surface area contributed by atoms with Crippen molar-refractivity contribution in [2.24, 2.45) is 0 Å². The molecule has 0 unspecified atom stereocenters. The van der Waals surface area contributed by atoms with Gasteiger partial charge < -0.3 is 59.5 Å². The van der Waals surface area contributed by atoms with E-state index in [1.54, 1.807) is 6.07 Å². The van der Waals surface area contributed by atoms with Crippen LogP contribution in [0.25, 0.3) is 22.3 Å². The van der Waals surface area contributed by atoms with Crippen LogP contribution in [0.4, 0.5) is 0 Å². The Labute approximate surface area is 227 Å². The molecule has 13 nitrogen and oxygen atoms in total. The molecule has 1 aromatic heterocycles. The molecule has 2 saturated heterocycles.